The third-order valence-corrected chi connectivity index (χ3v) is 3.18. The molecular formula is C12H10N2O3S. The van der Waals surface area contributed by atoms with Crippen molar-refractivity contribution in [2.75, 3.05) is 0 Å². The Morgan fingerprint density at radius 3 is 2.67 bits per heavy atom. The van der Waals surface area contributed by atoms with E-state index in [1.165, 1.54) is 23.6 Å². The summed E-state index contributed by atoms with van der Waals surface area (Å²) in [4.78, 5) is 27.4. The second-order valence-corrected chi connectivity index (χ2v) is 4.45. The molecule has 1 unspecified atom stereocenters. The fourth-order valence-electron chi connectivity index (χ4n) is 1.41. The van der Waals surface area contributed by atoms with E-state index in [4.69, 9.17) is 5.11 Å². The largest absolute Gasteiger partial charge is 0.479 e. The molecule has 6 heteroatoms. The normalized spacial score (nSPS) is 11.8. The molecule has 2 aromatic heterocycles. The minimum atomic E-state index is -1.10. The van der Waals surface area contributed by atoms with Gasteiger partial charge in [0.25, 0.3) is 5.91 Å². The molecule has 0 aliphatic rings. The third kappa shape index (κ3) is 2.72. The number of hydrogen-bond donors (Lipinski definition) is 2. The number of aromatic nitrogens is 1. The van der Waals surface area contributed by atoms with Crippen LogP contribution in [0.5, 0.6) is 0 Å². The first kappa shape index (κ1) is 12.3. The summed E-state index contributed by atoms with van der Waals surface area (Å²) in [6.07, 6.45) is 1.48. The highest BCUT2D eigenvalue weighted by atomic mass is 32.1. The molecule has 1 amide bonds. The first-order valence-electron chi connectivity index (χ1n) is 5.16. The van der Waals surface area contributed by atoms with Crippen molar-refractivity contribution in [3.05, 3.63) is 52.5 Å². The average molecular weight is 262 g/mol. The molecular weight excluding hydrogens is 252 g/mol. The Hall–Kier alpha value is -2.21. The maximum atomic E-state index is 11.8. The van der Waals surface area contributed by atoms with E-state index in [1.807, 2.05) is 0 Å². The molecule has 0 radical (unpaired) electrons. The number of nitrogens with zero attached hydrogens (tertiary/aromatic N) is 1. The van der Waals surface area contributed by atoms with Crippen molar-refractivity contribution in [2.45, 2.75) is 6.04 Å². The highest BCUT2D eigenvalue weighted by Gasteiger charge is 2.23. The summed E-state index contributed by atoms with van der Waals surface area (Å²) in [6, 6.07) is 7.25. The second-order valence-electron chi connectivity index (χ2n) is 3.48. The Morgan fingerprint density at radius 1 is 1.28 bits per heavy atom. The molecule has 0 saturated carbocycles. The Bertz CT molecular complexity index is 540. The Morgan fingerprint density at radius 2 is 2.11 bits per heavy atom. The average Bonchev–Trinajstić information content (AvgIpc) is 2.90. The number of carbonyl (C=O) groups is 2. The number of nitrogens with one attached hydrogen (secondary N) is 1. The van der Waals surface area contributed by atoms with Crippen LogP contribution in [0.4, 0.5) is 0 Å². The summed E-state index contributed by atoms with van der Waals surface area (Å²) < 4.78 is 0. The zero-order valence-electron chi connectivity index (χ0n) is 9.24. The molecule has 92 valence electrons. The van der Waals surface area contributed by atoms with Gasteiger partial charge in [0, 0.05) is 11.1 Å². The van der Waals surface area contributed by atoms with E-state index in [1.54, 1.807) is 29.6 Å². The molecule has 5 nitrogen and oxygen atoms in total. The molecule has 0 aliphatic heterocycles. The standard InChI is InChI=1S/C12H10N2O3S/c15-11(8-4-1-2-6-13-8)14-10(12(16)17)9-5-3-7-18-9/h1-7,10H,(H,14,15)(H,16,17). The van der Waals surface area contributed by atoms with Gasteiger partial charge in [0.15, 0.2) is 6.04 Å². The van der Waals surface area contributed by atoms with Crippen LogP contribution >= 0.6 is 11.3 Å². The van der Waals surface area contributed by atoms with Crippen LogP contribution in [0.3, 0.4) is 0 Å². The van der Waals surface area contributed by atoms with Crippen molar-refractivity contribution in [3.63, 3.8) is 0 Å². The topological polar surface area (TPSA) is 79.3 Å². The van der Waals surface area contributed by atoms with Crippen molar-refractivity contribution < 1.29 is 14.7 Å². The first-order chi connectivity index (χ1) is 8.68. The van der Waals surface area contributed by atoms with E-state index < -0.39 is 17.9 Å². The highest BCUT2D eigenvalue weighted by molar-refractivity contribution is 7.10. The van der Waals surface area contributed by atoms with Gasteiger partial charge in [-0.3, -0.25) is 9.78 Å². The number of hydrogen-bond acceptors (Lipinski definition) is 4. The SMILES string of the molecule is O=C(NC(C(=O)O)c1cccs1)c1ccccn1. The van der Waals surface area contributed by atoms with Crippen LogP contribution in [-0.4, -0.2) is 22.0 Å². The van der Waals surface area contributed by atoms with Gasteiger partial charge < -0.3 is 10.4 Å². The molecule has 2 rings (SSSR count). The van der Waals surface area contributed by atoms with Crippen molar-refractivity contribution in [2.24, 2.45) is 0 Å². The predicted octanol–water partition coefficient (Wildman–Crippen LogP) is 1.70. The minimum absolute atomic E-state index is 0.195. The number of aliphatic carboxylic acids is 1. The minimum Gasteiger partial charge on any atom is -0.479 e. The zero-order chi connectivity index (χ0) is 13.0. The van der Waals surface area contributed by atoms with Crippen LogP contribution in [0, 0.1) is 0 Å². The van der Waals surface area contributed by atoms with Gasteiger partial charge in [0.2, 0.25) is 0 Å². The van der Waals surface area contributed by atoms with Crippen LogP contribution in [-0.2, 0) is 4.79 Å². The van der Waals surface area contributed by atoms with E-state index in [0.29, 0.717) is 4.88 Å². The van der Waals surface area contributed by atoms with Crippen molar-refractivity contribution in [3.8, 4) is 0 Å². The first-order valence-corrected chi connectivity index (χ1v) is 6.04. The summed E-state index contributed by atoms with van der Waals surface area (Å²) in [5, 5.41) is 13.3. The summed E-state index contributed by atoms with van der Waals surface area (Å²) in [5.74, 6) is -1.60. The van der Waals surface area contributed by atoms with E-state index in [0.717, 1.165) is 0 Å². The van der Waals surface area contributed by atoms with Crippen molar-refractivity contribution >= 4 is 23.2 Å². The molecule has 18 heavy (non-hydrogen) atoms. The molecule has 1 atom stereocenters. The summed E-state index contributed by atoms with van der Waals surface area (Å²) in [5.41, 5.74) is 0.195. The fourth-order valence-corrected chi connectivity index (χ4v) is 2.18. The third-order valence-electron chi connectivity index (χ3n) is 2.25. The molecule has 0 saturated heterocycles. The van der Waals surface area contributed by atoms with Crippen LogP contribution < -0.4 is 5.32 Å². The van der Waals surface area contributed by atoms with Gasteiger partial charge in [-0.15, -0.1) is 11.3 Å². The van der Waals surface area contributed by atoms with E-state index in [2.05, 4.69) is 10.3 Å². The lowest BCUT2D eigenvalue weighted by Crippen LogP contribution is -2.33. The molecule has 2 aromatic rings. The van der Waals surface area contributed by atoms with Crippen LogP contribution in [0.1, 0.15) is 21.4 Å². The lowest BCUT2D eigenvalue weighted by Gasteiger charge is -2.12. The van der Waals surface area contributed by atoms with Crippen LogP contribution in [0.25, 0.3) is 0 Å². The Labute approximate surface area is 107 Å². The van der Waals surface area contributed by atoms with Gasteiger partial charge in [0.1, 0.15) is 5.69 Å². The summed E-state index contributed by atoms with van der Waals surface area (Å²) >= 11 is 1.28. The summed E-state index contributed by atoms with van der Waals surface area (Å²) in [6.45, 7) is 0. The smallest absolute Gasteiger partial charge is 0.331 e. The lowest BCUT2D eigenvalue weighted by atomic mass is 10.2. The van der Waals surface area contributed by atoms with Crippen LogP contribution in [0.15, 0.2) is 41.9 Å². The van der Waals surface area contributed by atoms with E-state index >= 15 is 0 Å². The van der Waals surface area contributed by atoms with Gasteiger partial charge in [-0.25, -0.2) is 4.79 Å². The number of rotatable bonds is 4. The highest BCUT2D eigenvalue weighted by Crippen LogP contribution is 2.19. The maximum absolute atomic E-state index is 11.8. The zero-order valence-corrected chi connectivity index (χ0v) is 10.1. The van der Waals surface area contributed by atoms with Gasteiger partial charge in [-0.05, 0) is 23.6 Å². The number of pyridine rings is 1. The number of amides is 1. The maximum Gasteiger partial charge on any atom is 0.331 e. The molecule has 2 heterocycles. The lowest BCUT2D eigenvalue weighted by molar-refractivity contribution is -0.139. The number of carboxylic acids is 1. The molecule has 0 bridgehead atoms. The van der Waals surface area contributed by atoms with Crippen molar-refractivity contribution in [1.29, 1.82) is 0 Å². The molecule has 0 spiro atoms. The predicted molar refractivity (Wildman–Crippen MR) is 66.4 cm³/mol. The number of carbonyl (C=O) groups excluding carboxylic acids is 1. The fraction of sp³-hybridized carbons (Fsp3) is 0.0833. The molecule has 0 fully saturated rings. The Kier molecular flexibility index (Phi) is 3.69. The molecule has 2 N–H and O–H groups in total. The Balaban J connectivity index is 2.16. The van der Waals surface area contributed by atoms with Gasteiger partial charge in [-0.2, -0.15) is 0 Å². The quantitative estimate of drug-likeness (QED) is 0.879. The van der Waals surface area contributed by atoms with E-state index in [9.17, 15) is 9.59 Å². The molecule has 0 aromatic carbocycles. The molecule has 0 aliphatic carbocycles. The number of thiophene rings is 1. The van der Waals surface area contributed by atoms with Gasteiger partial charge >= 0.3 is 5.97 Å². The number of carboxylic acid groups (broad SMARTS) is 1. The monoisotopic (exact) mass is 262 g/mol. The summed E-state index contributed by atoms with van der Waals surface area (Å²) in [7, 11) is 0. The van der Waals surface area contributed by atoms with Crippen molar-refractivity contribution in [1.82, 2.24) is 10.3 Å². The van der Waals surface area contributed by atoms with E-state index in [-0.39, 0.29) is 5.69 Å². The van der Waals surface area contributed by atoms with Gasteiger partial charge in [-0.1, -0.05) is 12.1 Å². The second kappa shape index (κ2) is 5.42. The van der Waals surface area contributed by atoms with Gasteiger partial charge in [0.05, 0.1) is 0 Å². The van der Waals surface area contributed by atoms with Crippen LogP contribution in [0.2, 0.25) is 0 Å².